The van der Waals surface area contributed by atoms with Crippen LogP contribution in [0.3, 0.4) is 0 Å². The molecule has 124 valence electrons. The number of carbonyl (C=O) groups excluding carboxylic acids is 2. The molecule has 0 aliphatic heterocycles. The van der Waals surface area contributed by atoms with Gasteiger partial charge in [-0.25, -0.2) is 4.68 Å². The zero-order valence-electron chi connectivity index (χ0n) is 12.9. The van der Waals surface area contributed by atoms with E-state index in [-0.39, 0.29) is 0 Å². The maximum absolute atomic E-state index is 11.5. The van der Waals surface area contributed by atoms with E-state index in [9.17, 15) is 9.59 Å². The predicted molar refractivity (Wildman–Crippen MR) is 99.0 cm³/mol. The Labute approximate surface area is 154 Å². The molecule has 0 radical (unpaired) electrons. The van der Waals surface area contributed by atoms with Crippen molar-refractivity contribution < 1.29 is 9.59 Å². The van der Waals surface area contributed by atoms with E-state index in [1.165, 1.54) is 10.8 Å². The summed E-state index contributed by atoms with van der Waals surface area (Å²) >= 11 is 11.8. The van der Waals surface area contributed by atoms with Crippen LogP contribution in [0.5, 0.6) is 0 Å². The maximum Gasteiger partial charge on any atom is 0.153 e. The van der Waals surface area contributed by atoms with Gasteiger partial charge >= 0.3 is 0 Å². The zero-order valence-corrected chi connectivity index (χ0v) is 14.4. The van der Waals surface area contributed by atoms with Crippen molar-refractivity contribution in [2.45, 2.75) is 0 Å². The Balaban J connectivity index is 2.10. The number of halogens is 2. The van der Waals surface area contributed by atoms with Crippen LogP contribution >= 0.6 is 23.2 Å². The molecular formula is C19H12Cl2N2O2. The second kappa shape index (κ2) is 7.47. The fourth-order valence-electron chi connectivity index (χ4n) is 2.42. The van der Waals surface area contributed by atoms with Crippen molar-refractivity contribution in [3.8, 4) is 11.3 Å². The topological polar surface area (TPSA) is 52.0 Å². The highest BCUT2D eigenvalue weighted by molar-refractivity contribution is 6.30. The quantitative estimate of drug-likeness (QED) is 0.480. The third kappa shape index (κ3) is 3.71. The van der Waals surface area contributed by atoms with Crippen LogP contribution < -0.4 is 0 Å². The van der Waals surface area contributed by atoms with E-state index in [0.29, 0.717) is 33.3 Å². The van der Waals surface area contributed by atoms with Crippen molar-refractivity contribution >= 4 is 41.5 Å². The molecule has 0 aliphatic rings. The van der Waals surface area contributed by atoms with Gasteiger partial charge in [0, 0.05) is 33.4 Å². The monoisotopic (exact) mass is 370 g/mol. The van der Waals surface area contributed by atoms with E-state index in [2.05, 4.69) is 5.10 Å². The Hall–Kier alpha value is -2.69. The minimum Gasteiger partial charge on any atom is -0.298 e. The minimum atomic E-state index is 0.410. The van der Waals surface area contributed by atoms with Crippen molar-refractivity contribution in [3.05, 3.63) is 82.0 Å². The number of hydrogen-bond acceptors (Lipinski definition) is 3. The van der Waals surface area contributed by atoms with E-state index in [4.69, 9.17) is 23.2 Å². The molecule has 0 atom stereocenters. The Morgan fingerprint density at radius 3 is 2.08 bits per heavy atom. The van der Waals surface area contributed by atoms with Crippen molar-refractivity contribution in [1.29, 1.82) is 0 Å². The molecule has 0 N–H and O–H groups in total. The Kier molecular flexibility index (Phi) is 5.12. The molecule has 0 saturated carbocycles. The van der Waals surface area contributed by atoms with Gasteiger partial charge < -0.3 is 0 Å². The number of rotatable bonds is 5. The summed E-state index contributed by atoms with van der Waals surface area (Å²) in [5, 5.41) is 5.66. The average molecular weight is 371 g/mol. The molecule has 0 unspecified atom stereocenters. The molecule has 0 bridgehead atoms. The first-order valence-corrected chi connectivity index (χ1v) is 8.10. The van der Waals surface area contributed by atoms with E-state index >= 15 is 0 Å². The SMILES string of the molecule is O=C/C=C(\c1ccc(Cl)cc1)n1cc(C=O)c(-c2ccc(Cl)cc2)n1. The largest absolute Gasteiger partial charge is 0.298 e. The molecule has 4 nitrogen and oxygen atoms in total. The molecule has 0 aliphatic carbocycles. The van der Waals surface area contributed by atoms with Crippen LogP contribution in [0.25, 0.3) is 17.0 Å². The van der Waals surface area contributed by atoms with E-state index in [1.54, 1.807) is 54.7 Å². The molecule has 0 amide bonds. The molecule has 6 heteroatoms. The fourth-order valence-corrected chi connectivity index (χ4v) is 2.67. The number of hydrogen-bond donors (Lipinski definition) is 0. The normalized spacial score (nSPS) is 11.4. The summed E-state index contributed by atoms with van der Waals surface area (Å²) in [6.07, 6.45) is 4.37. The van der Waals surface area contributed by atoms with E-state index < -0.39 is 0 Å². The highest BCUT2D eigenvalue weighted by Gasteiger charge is 2.14. The summed E-state index contributed by atoms with van der Waals surface area (Å²) in [5.41, 5.74) is 2.96. The van der Waals surface area contributed by atoms with Gasteiger partial charge in [-0.15, -0.1) is 0 Å². The van der Waals surface area contributed by atoms with Crippen LogP contribution in [0.15, 0.2) is 60.8 Å². The van der Waals surface area contributed by atoms with Crippen molar-refractivity contribution in [3.63, 3.8) is 0 Å². The Bertz CT molecular complexity index is 943. The van der Waals surface area contributed by atoms with Gasteiger partial charge in [-0.05, 0) is 24.3 Å². The third-order valence-electron chi connectivity index (χ3n) is 3.60. The fraction of sp³-hybridized carbons (Fsp3) is 0. The van der Waals surface area contributed by atoms with Gasteiger partial charge in [0.05, 0.1) is 11.3 Å². The van der Waals surface area contributed by atoms with Gasteiger partial charge in [0.25, 0.3) is 0 Å². The average Bonchev–Trinajstić information content (AvgIpc) is 3.05. The molecular weight excluding hydrogens is 359 g/mol. The van der Waals surface area contributed by atoms with Gasteiger partial charge in [0.2, 0.25) is 0 Å². The lowest BCUT2D eigenvalue weighted by molar-refractivity contribution is -0.104. The maximum atomic E-state index is 11.5. The standard InChI is InChI=1S/C19H12Cl2N2O2/c20-16-5-1-13(2-6-16)18(9-10-24)23-11-15(12-25)19(22-23)14-3-7-17(21)8-4-14/h1-12H/b18-9+. The summed E-state index contributed by atoms with van der Waals surface area (Å²) < 4.78 is 1.51. The van der Waals surface area contributed by atoms with Crippen molar-refractivity contribution in [2.24, 2.45) is 0 Å². The number of nitrogens with zero attached hydrogens (tertiary/aromatic N) is 2. The number of allylic oxidation sites excluding steroid dienone is 1. The smallest absolute Gasteiger partial charge is 0.153 e. The number of aromatic nitrogens is 2. The second-order valence-electron chi connectivity index (χ2n) is 5.20. The molecule has 1 aromatic heterocycles. The van der Waals surface area contributed by atoms with E-state index in [0.717, 1.165) is 17.4 Å². The van der Waals surface area contributed by atoms with Gasteiger partial charge in [0.1, 0.15) is 12.0 Å². The summed E-state index contributed by atoms with van der Waals surface area (Å²) in [7, 11) is 0. The van der Waals surface area contributed by atoms with Gasteiger partial charge in [-0.1, -0.05) is 47.5 Å². The number of aldehydes is 2. The first-order valence-electron chi connectivity index (χ1n) is 7.35. The van der Waals surface area contributed by atoms with Gasteiger partial charge in [-0.3, -0.25) is 9.59 Å². The third-order valence-corrected chi connectivity index (χ3v) is 4.10. The molecule has 0 saturated heterocycles. The summed E-state index contributed by atoms with van der Waals surface area (Å²) in [6.45, 7) is 0. The van der Waals surface area contributed by atoms with Crippen LogP contribution in [0.2, 0.25) is 10.0 Å². The Morgan fingerprint density at radius 1 is 0.920 bits per heavy atom. The highest BCUT2D eigenvalue weighted by Crippen LogP contribution is 2.26. The van der Waals surface area contributed by atoms with Gasteiger partial charge in [0.15, 0.2) is 6.29 Å². The molecule has 1 heterocycles. The molecule has 3 aromatic rings. The molecule has 0 fully saturated rings. The van der Waals surface area contributed by atoms with Crippen LogP contribution in [0, 0.1) is 0 Å². The van der Waals surface area contributed by atoms with E-state index in [1.807, 2.05) is 0 Å². The lowest BCUT2D eigenvalue weighted by atomic mass is 10.1. The van der Waals surface area contributed by atoms with Crippen molar-refractivity contribution in [1.82, 2.24) is 9.78 Å². The lowest BCUT2D eigenvalue weighted by Gasteiger charge is -2.07. The predicted octanol–water partition coefficient (Wildman–Crippen LogP) is 4.76. The first kappa shape index (κ1) is 17.1. The lowest BCUT2D eigenvalue weighted by Crippen LogP contribution is -2.00. The van der Waals surface area contributed by atoms with Gasteiger partial charge in [-0.2, -0.15) is 5.10 Å². The zero-order chi connectivity index (χ0) is 17.8. The molecule has 0 spiro atoms. The van der Waals surface area contributed by atoms with Crippen LogP contribution in [-0.2, 0) is 4.79 Å². The van der Waals surface area contributed by atoms with Crippen LogP contribution in [0.4, 0.5) is 0 Å². The van der Waals surface area contributed by atoms with Crippen LogP contribution in [-0.4, -0.2) is 22.4 Å². The summed E-state index contributed by atoms with van der Waals surface area (Å²) in [4.78, 5) is 22.5. The molecule has 25 heavy (non-hydrogen) atoms. The molecule has 3 rings (SSSR count). The summed E-state index contributed by atoms with van der Waals surface area (Å²) in [6, 6.07) is 14.0. The number of benzene rings is 2. The first-order chi connectivity index (χ1) is 12.1. The number of carbonyl (C=O) groups is 2. The summed E-state index contributed by atoms with van der Waals surface area (Å²) in [5.74, 6) is 0. The second-order valence-corrected chi connectivity index (χ2v) is 6.07. The Morgan fingerprint density at radius 2 is 1.52 bits per heavy atom. The van der Waals surface area contributed by atoms with Crippen LogP contribution in [0.1, 0.15) is 15.9 Å². The van der Waals surface area contributed by atoms with Crippen molar-refractivity contribution in [2.75, 3.05) is 0 Å². The molecule has 2 aromatic carbocycles. The highest BCUT2D eigenvalue weighted by atomic mass is 35.5. The minimum absolute atomic E-state index is 0.410.